The van der Waals surface area contributed by atoms with Gasteiger partial charge < -0.3 is 10.2 Å². The van der Waals surface area contributed by atoms with E-state index in [2.05, 4.69) is 35.7 Å². The number of pyridine rings is 1. The molecule has 1 unspecified atom stereocenters. The van der Waals surface area contributed by atoms with Crippen molar-refractivity contribution >= 4 is 27.9 Å². The van der Waals surface area contributed by atoms with Gasteiger partial charge in [-0.3, -0.25) is 4.98 Å². The molecule has 4 aromatic rings. The first-order valence-corrected chi connectivity index (χ1v) is 9.68. The number of benzene rings is 1. The van der Waals surface area contributed by atoms with Gasteiger partial charge in [-0.2, -0.15) is 0 Å². The molecular formula is C20H19FN8O. The lowest BCUT2D eigenvalue weighted by Gasteiger charge is -2.08. The number of oxime groups is 1. The summed E-state index contributed by atoms with van der Waals surface area (Å²) in [5.74, 6) is -0.356. The van der Waals surface area contributed by atoms with Crippen molar-refractivity contribution in [1.29, 1.82) is 0 Å². The summed E-state index contributed by atoms with van der Waals surface area (Å²) in [5, 5.41) is 16.4. The van der Waals surface area contributed by atoms with E-state index >= 15 is 0 Å². The molecule has 1 aromatic carbocycles. The minimum Gasteiger partial charge on any atom is -0.391 e. The molecule has 4 heterocycles. The highest BCUT2D eigenvalue weighted by Gasteiger charge is 2.17. The molecule has 1 aliphatic heterocycles. The first-order valence-electron chi connectivity index (χ1n) is 9.68. The fourth-order valence-electron chi connectivity index (χ4n) is 3.38. The van der Waals surface area contributed by atoms with Crippen molar-refractivity contribution in [2.45, 2.75) is 26.0 Å². The Labute approximate surface area is 171 Å². The summed E-state index contributed by atoms with van der Waals surface area (Å²) in [5.41, 5.74) is 3.07. The average molecular weight is 406 g/mol. The van der Waals surface area contributed by atoms with Crippen LogP contribution in [-0.2, 0) is 11.4 Å². The minimum atomic E-state index is -0.356. The van der Waals surface area contributed by atoms with Crippen molar-refractivity contribution < 1.29 is 9.23 Å². The van der Waals surface area contributed by atoms with Crippen LogP contribution < -0.4 is 5.32 Å². The first-order chi connectivity index (χ1) is 14.7. The number of nitrogens with zero attached hydrogens (tertiary/aromatic N) is 7. The maximum atomic E-state index is 14.6. The van der Waals surface area contributed by atoms with Gasteiger partial charge in [0.25, 0.3) is 0 Å². The van der Waals surface area contributed by atoms with Crippen molar-refractivity contribution in [2.24, 2.45) is 5.16 Å². The summed E-state index contributed by atoms with van der Waals surface area (Å²) in [6.07, 6.45) is 4.21. The summed E-state index contributed by atoms with van der Waals surface area (Å²) >= 11 is 0. The van der Waals surface area contributed by atoms with Crippen molar-refractivity contribution in [3.05, 3.63) is 53.7 Å². The second-order valence-electron chi connectivity index (χ2n) is 7.19. The van der Waals surface area contributed by atoms with Gasteiger partial charge >= 0.3 is 0 Å². The van der Waals surface area contributed by atoms with Gasteiger partial charge in [0.1, 0.15) is 23.3 Å². The zero-order valence-corrected chi connectivity index (χ0v) is 16.3. The van der Waals surface area contributed by atoms with Crippen LogP contribution in [-0.4, -0.2) is 54.9 Å². The summed E-state index contributed by atoms with van der Waals surface area (Å²) in [4.78, 5) is 18.6. The van der Waals surface area contributed by atoms with E-state index in [4.69, 9.17) is 4.84 Å². The van der Waals surface area contributed by atoms with E-state index in [1.807, 2.05) is 19.1 Å². The minimum absolute atomic E-state index is 0.0641. The third kappa shape index (κ3) is 3.57. The molecule has 1 fully saturated rings. The van der Waals surface area contributed by atoms with Crippen LogP contribution in [0.1, 0.15) is 24.6 Å². The number of aromatic nitrogens is 6. The van der Waals surface area contributed by atoms with Gasteiger partial charge in [0.05, 0.1) is 18.3 Å². The van der Waals surface area contributed by atoms with Crippen molar-refractivity contribution in [2.75, 3.05) is 13.1 Å². The van der Waals surface area contributed by atoms with E-state index in [1.165, 1.54) is 10.7 Å². The molecule has 1 N–H and O–H groups in total. The van der Waals surface area contributed by atoms with E-state index in [1.54, 1.807) is 18.5 Å². The van der Waals surface area contributed by atoms with Crippen molar-refractivity contribution in [1.82, 2.24) is 35.3 Å². The molecule has 1 atom stereocenters. The predicted octanol–water partition coefficient (Wildman–Crippen LogP) is 2.06. The van der Waals surface area contributed by atoms with Crippen LogP contribution in [0.15, 0.2) is 41.8 Å². The zero-order valence-electron chi connectivity index (χ0n) is 16.3. The number of halogens is 1. The van der Waals surface area contributed by atoms with Gasteiger partial charge in [-0.15, -0.1) is 5.10 Å². The Bertz CT molecular complexity index is 1250. The molecular weight excluding hydrogens is 387 g/mol. The summed E-state index contributed by atoms with van der Waals surface area (Å²) in [6.45, 7) is 3.69. The summed E-state index contributed by atoms with van der Waals surface area (Å²) in [6, 6.07) is 6.90. The number of hydrogen-bond donors (Lipinski definition) is 1. The highest BCUT2D eigenvalue weighted by atomic mass is 19.1. The van der Waals surface area contributed by atoms with Crippen LogP contribution in [0.4, 0.5) is 4.39 Å². The molecule has 1 saturated heterocycles. The molecule has 5 rings (SSSR count). The van der Waals surface area contributed by atoms with Crippen LogP contribution >= 0.6 is 0 Å². The number of nitrogens with one attached hydrogen (secondary N) is 1. The highest BCUT2D eigenvalue weighted by Crippen LogP contribution is 2.19. The Hall–Kier alpha value is -3.53. The Morgan fingerprint density at radius 2 is 2.30 bits per heavy atom. The summed E-state index contributed by atoms with van der Waals surface area (Å²) in [7, 11) is 0. The molecule has 9 nitrogen and oxygen atoms in total. The third-order valence-electron chi connectivity index (χ3n) is 5.04. The van der Waals surface area contributed by atoms with Gasteiger partial charge in [-0.1, -0.05) is 16.4 Å². The van der Waals surface area contributed by atoms with E-state index in [9.17, 15) is 4.39 Å². The lowest BCUT2D eigenvalue weighted by atomic mass is 10.1. The molecule has 0 saturated carbocycles. The molecule has 0 bridgehead atoms. The second kappa shape index (κ2) is 7.71. The number of rotatable bonds is 5. The third-order valence-corrected chi connectivity index (χ3v) is 5.04. The lowest BCUT2D eigenvalue weighted by molar-refractivity contribution is 0.0735. The van der Waals surface area contributed by atoms with E-state index < -0.39 is 0 Å². The van der Waals surface area contributed by atoms with Crippen molar-refractivity contribution in [3.63, 3.8) is 0 Å². The van der Waals surface area contributed by atoms with Gasteiger partial charge in [0.2, 0.25) is 5.65 Å². The normalized spacial score (nSPS) is 17.1. The van der Waals surface area contributed by atoms with Gasteiger partial charge in [0.15, 0.2) is 5.65 Å². The first kappa shape index (κ1) is 18.5. The van der Waals surface area contributed by atoms with Crippen LogP contribution in [0.5, 0.6) is 0 Å². The smallest absolute Gasteiger partial charge is 0.221 e. The van der Waals surface area contributed by atoms with E-state index in [-0.39, 0.29) is 18.5 Å². The number of hydrogen-bond acceptors (Lipinski definition) is 8. The Morgan fingerprint density at radius 1 is 1.37 bits per heavy atom. The largest absolute Gasteiger partial charge is 0.391 e. The van der Waals surface area contributed by atoms with Crippen LogP contribution in [0.25, 0.3) is 22.2 Å². The zero-order chi connectivity index (χ0) is 20.5. The highest BCUT2D eigenvalue weighted by molar-refractivity contribution is 5.97. The van der Waals surface area contributed by atoms with E-state index in [0.29, 0.717) is 33.8 Å². The Morgan fingerprint density at radius 3 is 3.17 bits per heavy atom. The molecule has 0 aliphatic carbocycles. The maximum Gasteiger partial charge on any atom is 0.221 e. The van der Waals surface area contributed by atoms with Crippen LogP contribution in [0, 0.1) is 5.82 Å². The van der Waals surface area contributed by atoms with Crippen molar-refractivity contribution in [3.8, 4) is 0 Å². The number of fused-ring (bicyclic) bond motifs is 2. The quantitative estimate of drug-likeness (QED) is 0.400. The topological polar surface area (TPSA) is 103 Å². The van der Waals surface area contributed by atoms with Gasteiger partial charge in [-0.25, -0.2) is 19.0 Å². The Kier molecular flexibility index (Phi) is 4.75. The second-order valence-corrected chi connectivity index (χ2v) is 7.19. The molecule has 3 aromatic heterocycles. The molecule has 152 valence electrons. The standard InChI is InChI=1S/C20H19FN8O/c1-12(27-30-15-4-6-22-9-15)18-10-24-19-20(25-18)29(28-26-19)11-14-7-13-3-2-5-23-17(13)8-16(14)21/h2-3,5,7-8,10,15,22H,4,6,9,11H2,1H3. The summed E-state index contributed by atoms with van der Waals surface area (Å²) < 4.78 is 16.1. The average Bonchev–Trinajstić information content (AvgIpc) is 3.42. The monoisotopic (exact) mass is 406 g/mol. The maximum absolute atomic E-state index is 14.6. The molecule has 0 radical (unpaired) electrons. The molecule has 0 amide bonds. The lowest BCUT2D eigenvalue weighted by Crippen LogP contribution is -2.15. The van der Waals surface area contributed by atoms with Crippen LogP contribution in [0.2, 0.25) is 0 Å². The fourth-order valence-corrected chi connectivity index (χ4v) is 3.38. The SMILES string of the molecule is CC(=NOC1CCNC1)c1cnc2nnn(Cc3cc4cccnc4cc3F)c2n1. The molecule has 30 heavy (non-hydrogen) atoms. The van der Waals surface area contributed by atoms with Gasteiger partial charge in [0, 0.05) is 36.2 Å². The fraction of sp³-hybridized carbons (Fsp3) is 0.300. The van der Waals surface area contributed by atoms with E-state index in [0.717, 1.165) is 24.9 Å². The molecule has 10 heteroatoms. The van der Waals surface area contributed by atoms with Crippen LogP contribution in [0.3, 0.4) is 0 Å². The Balaban J connectivity index is 1.44. The molecule has 1 aliphatic rings. The van der Waals surface area contributed by atoms with Gasteiger partial charge in [-0.05, 0) is 25.6 Å². The molecule has 0 spiro atoms. The predicted molar refractivity (Wildman–Crippen MR) is 108 cm³/mol.